The van der Waals surface area contributed by atoms with Gasteiger partial charge in [0.15, 0.2) is 0 Å². The summed E-state index contributed by atoms with van der Waals surface area (Å²) in [5.41, 5.74) is 0. The fourth-order valence-corrected chi connectivity index (χ4v) is 4.58. The minimum atomic E-state index is -3.54. The van der Waals surface area contributed by atoms with Gasteiger partial charge in [-0.1, -0.05) is 0 Å². The van der Waals surface area contributed by atoms with Crippen LogP contribution in [0.2, 0.25) is 0 Å². The van der Waals surface area contributed by atoms with E-state index >= 15 is 0 Å². The molecule has 0 spiro atoms. The highest BCUT2D eigenvalue weighted by Gasteiger charge is 2.25. The highest BCUT2D eigenvalue weighted by atomic mass is 32.2. The van der Waals surface area contributed by atoms with E-state index in [0.29, 0.717) is 5.76 Å². The maximum Gasteiger partial charge on any atom is 0.244 e. The molecular formula is C11H17NO4S2. The first-order chi connectivity index (χ1) is 8.53. The molecule has 0 unspecified atom stereocenters. The van der Waals surface area contributed by atoms with Gasteiger partial charge in [0, 0.05) is 12.1 Å². The quantitative estimate of drug-likeness (QED) is 0.873. The smallest absolute Gasteiger partial charge is 0.244 e. The first-order valence-electron chi connectivity index (χ1n) is 5.83. The van der Waals surface area contributed by atoms with Crippen LogP contribution in [0.4, 0.5) is 0 Å². The third kappa shape index (κ3) is 3.09. The van der Waals surface area contributed by atoms with Gasteiger partial charge in [-0.3, -0.25) is 0 Å². The van der Waals surface area contributed by atoms with Crippen LogP contribution in [-0.4, -0.2) is 31.1 Å². The Balaban J connectivity index is 2.16. The number of nitrogens with one attached hydrogen (secondary N) is 1. The minimum Gasteiger partial charge on any atom is -0.462 e. The van der Waals surface area contributed by atoms with E-state index < -0.39 is 10.0 Å². The lowest BCUT2D eigenvalue weighted by Crippen LogP contribution is -2.37. The first kappa shape index (κ1) is 13.9. The third-order valence-electron chi connectivity index (χ3n) is 2.91. The predicted molar refractivity (Wildman–Crippen MR) is 70.0 cm³/mol. The highest BCUT2D eigenvalue weighted by molar-refractivity contribution is 7.99. The monoisotopic (exact) mass is 291 g/mol. The molecule has 2 heterocycles. The average molecular weight is 291 g/mol. The fraction of sp³-hybridized carbons (Fsp3) is 0.636. The van der Waals surface area contributed by atoms with E-state index in [2.05, 4.69) is 4.72 Å². The van der Waals surface area contributed by atoms with Crippen molar-refractivity contribution >= 4 is 21.8 Å². The Labute approximate surface area is 111 Å². The van der Waals surface area contributed by atoms with Crippen LogP contribution < -0.4 is 4.72 Å². The van der Waals surface area contributed by atoms with Crippen molar-refractivity contribution in [2.75, 3.05) is 11.5 Å². The summed E-state index contributed by atoms with van der Waals surface area (Å²) in [5.74, 6) is 2.56. The van der Waals surface area contributed by atoms with E-state index in [0.717, 1.165) is 24.3 Å². The number of aliphatic hydroxyl groups is 1. The van der Waals surface area contributed by atoms with Crippen LogP contribution in [0.5, 0.6) is 0 Å². The molecule has 1 aliphatic rings. The van der Waals surface area contributed by atoms with E-state index in [4.69, 9.17) is 9.52 Å². The molecule has 0 atom stereocenters. The highest BCUT2D eigenvalue weighted by Crippen LogP contribution is 2.23. The molecule has 0 saturated carbocycles. The van der Waals surface area contributed by atoms with Crippen LogP contribution in [0.15, 0.2) is 15.4 Å². The molecule has 102 valence electrons. The van der Waals surface area contributed by atoms with Crippen molar-refractivity contribution in [2.24, 2.45) is 0 Å². The largest absolute Gasteiger partial charge is 0.462 e. The number of rotatable bonds is 4. The SMILES string of the molecule is Cc1oc(CO)cc1S(=O)(=O)NC1CCSCC1. The second-order valence-electron chi connectivity index (χ2n) is 4.30. The second kappa shape index (κ2) is 5.64. The molecule has 0 aliphatic carbocycles. The predicted octanol–water partition coefficient (Wildman–Crippen LogP) is 1.25. The number of furan rings is 1. The zero-order chi connectivity index (χ0) is 13.2. The maximum absolute atomic E-state index is 12.2. The molecular weight excluding hydrogens is 274 g/mol. The van der Waals surface area contributed by atoms with Crippen LogP contribution in [-0.2, 0) is 16.6 Å². The van der Waals surface area contributed by atoms with Gasteiger partial charge in [0.25, 0.3) is 0 Å². The van der Waals surface area contributed by atoms with E-state index in [-0.39, 0.29) is 23.3 Å². The van der Waals surface area contributed by atoms with Crippen LogP contribution in [0.25, 0.3) is 0 Å². The summed E-state index contributed by atoms with van der Waals surface area (Å²) < 4.78 is 32.3. The van der Waals surface area contributed by atoms with Crippen LogP contribution in [0.3, 0.4) is 0 Å². The number of aryl methyl sites for hydroxylation is 1. The van der Waals surface area contributed by atoms with Crippen LogP contribution in [0.1, 0.15) is 24.4 Å². The molecule has 2 N–H and O–H groups in total. The van der Waals surface area contributed by atoms with Gasteiger partial charge < -0.3 is 9.52 Å². The van der Waals surface area contributed by atoms with Crippen molar-refractivity contribution in [3.63, 3.8) is 0 Å². The molecule has 5 nitrogen and oxygen atoms in total. The number of hydrogen-bond acceptors (Lipinski definition) is 5. The Hall–Kier alpha value is -0.500. The summed E-state index contributed by atoms with van der Waals surface area (Å²) in [6, 6.07) is 1.39. The van der Waals surface area contributed by atoms with E-state index in [1.165, 1.54) is 6.07 Å². The van der Waals surface area contributed by atoms with Crippen molar-refractivity contribution < 1.29 is 17.9 Å². The summed E-state index contributed by atoms with van der Waals surface area (Å²) in [6.07, 6.45) is 1.71. The summed E-state index contributed by atoms with van der Waals surface area (Å²) in [6.45, 7) is 1.29. The fourth-order valence-electron chi connectivity index (χ4n) is 1.97. The molecule has 1 saturated heterocycles. The Morgan fingerprint density at radius 1 is 1.50 bits per heavy atom. The third-order valence-corrected chi connectivity index (χ3v) is 5.59. The van der Waals surface area contributed by atoms with E-state index in [9.17, 15) is 8.42 Å². The van der Waals surface area contributed by atoms with Crippen molar-refractivity contribution in [3.05, 3.63) is 17.6 Å². The normalized spacial score (nSPS) is 18.1. The summed E-state index contributed by atoms with van der Waals surface area (Å²) in [5, 5.41) is 8.95. The molecule has 2 rings (SSSR count). The van der Waals surface area contributed by atoms with Crippen LogP contribution >= 0.6 is 11.8 Å². The molecule has 1 aromatic heterocycles. The lowest BCUT2D eigenvalue weighted by atomic mass is 10.2. The lowest BCUT2D eigenvalue weighted by Gasteiger charge is -2.22. The number of thioether (sulfide) groups is 1. The second-order valence-corrected chi connectivity index (χ2v) is 7.21. The molecule has 0 aromatic carbocycles. The van der Waals surface area contributed by atoms with Gasteiger partial charge in [0.1, 0.15) is 23.0 Å². The summed E-state index contributed by atoms with van der Waals surface area (Å²) >= 11 is 1.84. The molecule has 0 amide bonds. The molecule has 18 heavy (non-hydrogen) atoms. The Kier molecular flexibility index (Phi) is 4.37. The molecule has 0 bridgehead atoms. The van der Waals surface area contributed by atoms with Crippen molar-refractivity contribution in [3.8, 4) is 0 Å². The van der Waals surface area contributed by atoms with Gasteiger partial charge in [0.2, 0.25) is 10.0 Å². The minimum absolute atomic E-state index is 0.00289. The molecule has 0 radical (unpaired) electrons. The maximum atomic E-state index is 12.2. The lowest BCUT2D eigenvalue weighted by molar-refractivity contribution is 0.244. The van der Waals surface area contributed by atoms with Crippen molar-refractivity contribution in [1.29, 1.82) is 0 Å². The van der Waals surface area contributed by atoms with E-state index in [1.807, 2.05) is 11.8 Å². The van der Waals surface area contributed by atoms with Gasteiger partial charge in [-0.05, 0) is 31.3 Å². The number of hydrogen-bond donors (Lipinski definition) is 2. The summed E-state index contributed by atoms with van der Waals surface area (Å²) in [4.78, 5) is 0.129. The molecule has 1 aliphatic heterocycles. The average Bonchev–Trinajstić information content (AvgIpc) is 2.72. The van der Waals surface area contributed by atoms with E-state index in [1.54, 1.807) is 6.92 Å². The van der Waals surface area contributed by atoms with Crippen molar-refractivity contribution in [1.82, 2.24) is 4.72 Å². The van der Waals surface area contributed by atoms with Crippen LogP contribution in [0, 0.1) is 6.92 Å². The topological polar surface area (TPSA) is 79.5 Å². The van der Waals surface area contributed by atoms with Crippen molar-refractivity contribution in [2.45, 2.75) is 37.3 Å². The molecule has 1 fully saturated rings. The van der Waals surface area contributed by atoms with Gasteiger partial charge >= 0.3 is 0 Å². The number of sulfonamides is 1. The number of aliphatic hydroxyl groups excluding tert-OH is 1. The van der Waals surface area contributed by atoms with Gasteiger partial charge in [-0.15, -0.1) is 0 Å². The van der Waals surface area contributed by atoms with Gasteiger partial charge in [0.05, 0.1) is 0 Å². The molecule has 1 aromatic rings. The first-order valence-corrected chi connectivity index (χ1v) is 8.47. The van der Waals surface area contributed by atoms with Gasteiger partial charge in [-0.25, -0.2) is 13.1 Å². The zero-order valence-corrected chi connectivity index (χ0v) is 11.8. The molecule has 7 heteroatoms. The Morgan fingerprint density at radius 3 is 2.72 bits per heavy atom. The summed E-state index contributed by atoms with van der Waals surface area (Å²) in [7, 11) is -3.54. The standard InChI is InChI=1S/C11H17NO4S2/c1-8-11(6-10(7-13)16-8)18(14,15)12-9-2-4-17-5-3-9/h6,9,12-13H,2-5,7H2,1H3. The Bertz CT molecular complexity index is 503. The Morgan fingerprint density at radius 2 is 2.17 bits per heavy atom. The zero-order valence-electron chi connectivity index (χ0n) is 10.2. The van der Waals surface area contributed by atoms with Gasteiger partial charge in [-0.2, -0.15) is 11.8 Å².